The second-order valence-electron chi connectivity index (χ2n) is 3.94. The van der Waals surface area contributed by atoms with Gasteiger partial charge >= 0.3 is 5.97 Å². The average Bonchev–Trinajstić information content (AvgIpc) is 2.98. The molecule has 1 aromatic carbocycles. The highest BCUT2D eigenvalue weighted by molar-refractivity contribution is 9.10. The second kappa shape index (κ2) is 4.10. The second-order valence-corrected chi connectivity index (χ2v) is 4.79. The van der Waals surface area contributed by atoms with Gasteiger partial charge in [0, 0.05) is 4.47 Å². The summed E-state index contributed by atoms with van der Waals surface area (Å²) in [6, 6.07) is 4.14. The largest absolute Gasteiger partial charge is 0.480 e. The van der Waals surface area contributed by atoms with E-state index in [1.807, 2.05) is 0 Å². The first-order chi connectivity index (χ1) is 7.96. The summed E-state index contributed by atoms with van der Waals surface area (Å²) in [4.78, 5) is 22.7. The topological polar surface area (TPSA) is 66.4 Å². The molecule has 1 aliphatic carbocycles. The van der Waals surface area contributed by atoms with Crippen molar-refractivity contribution in [3.63, 3.8) is 0 Å². The summed E-state index contributed by atoms with van der Waals surface area (Å²) in [5.41, 5.74) is -1.38. The van der Waals surface area contributed by atoms with E-state index in [1.54, 1.807) is 0 Å². The standard InChI is InChI=1S/C11H9BrFNO3/c12-6-2-1-3-7(13)8(6)9(15)14-11(4-5-11)10(16)17/h1-3H,4-5H2,(H,14,15)(H,16,17). The van der Waals surface area contributed by atoms with Crippen LogP contribution in [-0.2, 0) is 4.79 Å². The summed E-state index contributed by atoms with van der Waals surface area (Å²) in [6.45, 7) is 0. The Kier molecular flexibility index (Phi) is 2.91. The van der Waals surface area contributed by atoms with Crippen LogP contribution >= 0.6 is 15.9 Å². The molecule has 0 aromatic heterocycles. The Morgan fingerprint density at radius 2 is 2.06 bits per heavy atom. The van der Waals surface area contributed by atoms with Crippen LogP contribution in [0.25, 0.3) is 0 Å². The lowest BCUT2D eigenvalue weighted by Gasteiger charge is -2.13. The fraction of sp³-hybridized carbons (Fsp3) is 0.273. The van der Waals surface area contributed by atoms with E-state index in [2.05, 4.69) is 21.2 Å². The number of halogens is 2. The molecule has 0 aliphatic heterocycles. The molecule has 90 valence electrons. The van der Waals surface area contributed by atoms with Gasteiger partial charge in [0.25, 0.3) is 5.91 Å². The number of carboxylic acids is 1. The fourth-order valence-corrected chi connectivity index (χ4v) is 2.03. The van der Waals surface area contributed by atoms with Crippen LogP contribution in [0.15, 0.2) is 22.7 Å². The predicted octanol–water partition coefficient (Wildman–Crippen LogP) is 1.94. The molecular weight excluding hydrogens is 293 g/mol. The van der Waals surface area contributed by atoms with Gasteiger partial charge in [0.2, 0.25) is 0 Å². The van der Waals surface area contributed by atoms with Gasteiger partial charge in [0.15, 0.2) is 0 Å². The normalized spacial score (nSPS) is 16.4. The summed E-state index contributed by atoms with van der Waals surface area (Å²) in [5, 5.41) is 11.3. The van der Waals surface area contributed by atoms with Crippen molar-refractivity contribution >= 4 is 27.8 Å². The summed E-state index contributed by atoms with van der Waals surface area (Å²) in [6.07, 6.45) is 0.750. The predicted molar refractivity (Wildman–Crippen MR) is 61.2 cm³/mol. The van der Waals surface area contributed by atoms with E-state index in [0.717, 1.165) is 6.07 Å². The molecule has 2 N–H and O–H groups in total. The molecule has 2 rings (SSSR count). The monoisotopic (exact) mass is 301 g/mol. The molecule has 1 saturated carbocycles. The fourth-order valence-electron chi connectivity index (χ4n) is 1.51. The van der Waals surface area contributed by atoms with Gasteiger partial charge in [-0.1, -0.05) is 6.07 Å². The lowest BCUT2D eigenvalue weighted by molar-refractivity contribution is -0.140. The Morgan fingerprint density at radius 3 is 2.53 bits per heavy atom. The molecule has 1 aliphatic rings. The molecule has 0 saturated heterocycles. The van der Waals surface area contributed by atoms with Crippen LogP contribution in [0.2, 0.25) is 0 Å². The van der Waals surface area contributed by atoms with Crippen molar-refractivity contribution < 1.29 is 19.1 Å². The number of carboxylic acid groups (broad SMARTS) is 1. The Morgan fingerprint density at radius 1 is 1.41 bits per heavy atom. The van der Waals surface area contributed by atoms with Gasteiger partial charge < -0.3 is 10.4 Å². The van der Waals surface area contributed by atoms with E-state index >= 15 is 0 Å². The summed E-state index contributed by atoms with van der Waals surface area (Å²) in [7, 11) is 0. The van der Waals surface area contributed by atoms with Gasteiger partial charge in [0.05, 0.1) is 5.56 Å². The minimum atomic E-state index is -1.21. The van der Waals surface area contributed by atoms with E-state index in [0.29, 0.717) is 17.3 Å². The van der Waals surface area contributed by atoms with E-state index in [4.69, 9.17) is 5.11 Å². The van der Waals surface area contributed by atoms with Crippen LogP contribution in [-0.4, -0.2) is 22.5 Å². The molecule has 6 heteroatoms. The third-order valence-corrected chi connectivity index (χ3v) is 3.36. The molecule has 0 spiro atoms. The quantitative estimate of drug-likeness (QED) is 0.896. The van der Waals surface area contributed by atoms with Crippen molar-refractivity contribution in [3.05, 3.63) is 34.1 Å². The van der Waals surface area contributed by atoms with Crippen LogP contribution in [0.3, 0.4) is 0 Å². The molecule has 0 heterocycles. The van der Waals surface area contributed by atoms with Gasteiger partial charge in [-0.3, -0.25) is 4.79 Å². The maximum Gasteiger partial charge on any atom is 0.329 e. The molecular formula is C11H9BrFNO3. The summed E-state index contributed by atoms with van der Waals surface area (Å²) >= 11 is 3.06. The average molecular weight is 302 g/mol. The highest BCUT2D eigenvalue weighted by Gasteiger charge is 2.52. The Bertz CT molecular complexity index is 479. The Hall–Kier alpha value is -1.43. The number of benzene rings is 1. The van der Waals surface area contributed by atoms with Gasteiger partial charge in [0.1, 0.15) is 11.4 Å². The van der Waals surface area contributed by atoms with E-state index in [9.17, 15) is 14.0 Å². The first-order valence-electron chi connectivity index (χ1n) is 4.96. The molecule has 4 nitrogen and oxygen atoms in total. The minimum Gasteiger partial charge on any atom is -0.480 e. The van der Waals surface area contributed by atoms with Gasteiger partial charge in [-0.25, -0.2) is 9.18 Å². The molecule has 1 aromatic rings. The van der Waals surface area contributed by atoms with Gasteiger partial charge in [-0.05, 0) is 40.9 Å². The zero-order valence-corrected chi connectivity index (χ0v) is 10.3. The maximum atomic E-state index is 13.5. The Balaban J connectivity index is 2.24. The first kappa shape index (κ1) is 12.0. The number of nitrogens with one attached hydrogen (secondary N) is 1. The smallest absolute Gasteiger partial charge is 0.329 e. The van der Waals surface area contributed by atoms with Crippen LogP contribution in [0.4, 0.5) is 4.39 Å². The summed E-state index contributed by atoms with van der Waals surface area (Å²) < 4.78 is 13.8. The number of rotatable bonds is 3. The number of hydrogen-bond donors (Lipinski definition) is 2. The number of aliphatic carboxylic acids is 1. The van der Waals surface area contributed by atoms with E-state index in [-0.39, 0.29) is 5.56 Å². The molecule has 0 atom stereocenters. The number of carbonyl (C=O) groups is 2. The van der Waals surface area contributed by atoms with Crippen LogP contribution < -0.4 is 5.32 Å². The molecule has 0 unspecified atom stereocenters. The molecule has 1 amide bonds. The highest BCUT2D eigenvalue weighted by Crippen LogP contribution is 2.36. The molecule has 17 heavy (non-hydrogen) atoms. The van der Waals surface area contributed by atoms with Crippen molar-refractivity contribution in [1.82, 2.24) is 5.32 Å². The maximum absolute atomic E-state index is 13.5. The first-order valence-corrected chi connectivity index (χ1v) is 5.75. The van der Waals surface area contributed by atoms with Crippen molar-refractivity contribution in [2.24, 2.45) is 0 Å². The zero-order valence-electron chi connectivity index (χ0n) is 8.67. The van der Waals surface area contributed by atoms with E-state index < -0.39 is 23.2 Å². The SMILES string of the molecule is O=C(NC1(C(=O)O)CC1)c1c(F)cccc1Br. The van der Waals surface area contributed by atoms with Crippen molar-refractivity contribution in [1.29, 1.82) is 0 Å². The van der Waals surface area contributed by atoms with Crippen LogP contribution in [0.1, 0.15) is 23.2 Å². The zero-order chi connectivity index (χ0) is 12.6. The molecule has 0 bridgehead atoms. The number of carbonyl (C=O) groups excluding carboxylic acids is 1. The number of amides is 1. The third kappa shape index (κ3) is 2.17. The van der Waals surface area contributed by atoms with Crippen molar-refractivity contribution in [2.75, 3.05) is 0 Å². The van der Waals surface area contributed by atoms with Gasteiger partial charge in [-0.2, -0.15) is 0 Å². The van der Waals surface area contributed by atoms with E-state index in [1.165, 1.54) is 12.1 Å². The summed E-state index contributed by atoms with van der Waals surface area (Å²) in [5.74, 6) is -2.48. The lowest BCUT2D eigenvalue weighted by Crippen LogP contribution is -2.43. The van der Waals surface area contributed by atoms with Crippen molar-refractivity contribution in [3.8, 4) is 0 Å². The highest BCUT2D eigenvalue weighted by atomic mass is 79.9. The van der Waals surface area contributed by atoms with Crippen molar-refractivity contribution in [2.45, 2.75) is 18.4 Å². The molecule has 0 radical (unpaired) electrons. The van der Waals surface area contributed by atoms with Crippen LogP contribution in [0.5, 0.6) is 0 Å². The lowest BCUT2D eigenvalue weighted by atomic mass is 10.1. The third-order valence-electron chi connectivity index (χ3n) is 2.70. The van der Waals surface area contributed by atoms with Crippen LogP contribution in [0, 0.1) is 5.82 Å². The number of hydrogen-bond acceptors (Lipinski definition) is 2. The Labute approximate surface area is 105 Å². The minimum absolute atomic E-state index is 0.167. The molecule has 1 fully saturated rings. The van der Waals surface area contributed by atoms with Gasteiger partial charge in [-0.15, -0.1) is 0 Å².